The van der Waals surface area contributed by atoms with Crippen molar-refractivity contribution < 1.29 is 14.1 Å². The second kappa shape index (κ2) is 7.00. The molecule has 2 amide bonds. The van der Waals surface area contributed by atoms with E-state index in [1.54, 1.807) is 31.5 Å². The number of nitrogens with zero attached hydrogens (tertiary/aromatic N) is 4. The van der Waals surface area contributed by atoms with Crippen LogP contribution in [0, 0.1) is 18.8 Å². The van der Waals surface area contributed by atoms with Crippen LogP contribution in [0.5, 0.6) is 0 Å². The van der Waals surface area contributed by atoms with Crippen molar-refractivity contribution in [3.8, 4) is 0 Å². The summed E-state index contributed by atoms with van der Waals surface area (Å²) < 4.78 is 5.56. The van der Waals surface area contributed by atoms with Crippen molar-refractivity contribution in [2.75, 3.05) is 13.1 Å². The first-order valence-electron chi connectivity index (χ1n) is 9.69. The third-order valence-electron chi connectivity index (χ3n) is 5.91. The smallest absolute Gasteiger partial charge is 0.251 e. The maximum absolute atomic E-state index is 12.6. The van der Waals surface area contributed by atoms with E-state index in [1.165, 1.54) is 0 Å². The van der Waals surface area contributed by atoms with Gasteiger partial charge in [0.25, 0.3) is 5.91 Å². The van der Waals surface area contributed by atoms with Gasteiger partial charge in [-0.15, -0.1) is 0 Å². The molecule has 2 aromatic rings. The van der Waals surface area contributed by atoms with Crippen LogP contribution in [0.3, 0.4) is 0 Å². The summed E-state index contributed by atoms with van der Waals surface area (Å²) in [6.45, 7) is 6.83. The van der Waals surface area contributed by atoms with Crippen molar-refractivity contribution in [3.63, 3.8) is 0 Å². The zero-order valence-corrected chi connectivity index (χ0v) is 16.4. The monoisotopic (exact) mass is 383 g/mol. The van der Waals surface area contributed by atoms with E-state index in [0.29, 0.717) is 36.8 Å². The summed E-state index contributed by atoms with van der Waals surface area (Å²) in [6.07, 6.45) is 4.67. The number of rotatable bonds is 4. The molecule has 2 fully saturated rings. The van der Waals surface area contributed by atoms with Crippen molar-refractivity contribution in [3.05, 3.63) is 41.8 Å². The number of carbonyl (C=O) groups is 2. The van der Waals surface area contributed by atoms with Gasteiger partial charge in [0.2, 0.25) is 11.8 Å². The Labute approximate surface area is 163 Å². The van der Waals surface area contributed by atoms with Crippen LogP contribution in [0.2, 0.25) is 0 Å². The van der Waals surface area contributed by atoms with Crippen LogP contribution in [-0.4, -0.2) is 51.0 Å². The van der Waals surface area contributed by atoms with E-state index in [2.05, 4.69) is 20.4 Å². The fourth-order valence-electron chi connectivity index (χ4n) is 4.62. The molecule has 1 aliphatic carbocycles. The largest absolute Gasteiger partial charge is 0.349 e. The van der Waals surface area contributed by atoms with E-state index in [9.17, 15) is 9.59 Å². The van der Waals surface area contributed by atoms with E-state index >= 15 is 0 Å². The highest BCUT2D eigenvalue weighted by Gasteiger charge is 2.58. The molecule has 28 heavy (non-hydrogen) atoms. The van der Waals surface area contributed by atoms with Gasteiger partial charge in [-0.1, -0.05) is 19.0 Å². The number of fused-ring (bicyclic) bond motifs is 1. The molecule has 2 aliphatic rings. The van der Waals surface area contributed by atoms with Gasteiger partial charge in [0, 0.05) is 43.0 Å². The first kappa shape index (κ1) is 18.6. The van der Waals surface area contributed by atoms with Gasteiger partial charge in [-0.05, 0) is 37.8 Å². The van der Waals surface area contributed by atoms with Gasteiger partial charge < -0.3 is 14.7 Å². The summed E-state index contributed by atoms with van der Waals surface area (Å²) in [6, 6.07) is 3.39. The number of nitrogens with one attached hydrogen (secondary N) is 1. The maximum Gasteiger partial charge on any atom is 0.251 e. The summed E-state index contributed by atoms with van der Waals surface area (Å²) in [5, 5.41) is 7.10. The molecular weight excluding hydrogens is 358 g/mol. The molecule has 3 unspecified atom stereocenters. The average molecular weight is 383 g/mol. The molecule has 0 spiro atoms. The third kappa shape index (κ3) is 3.16. The van der Waals surface area contributed by atoms with Gasteiger partial charge in [-0.25, -0.2) is 0 Å². The molecule has 4 rings (SSSR count). The summed E-state index contributed by atoms with van der Waals surface area (Å²) in [5.74, 6) is 1.32. The third-order valence-corrected chi connectivity index (χ3v) is 5.91. The van der Waals surface area contributed by atoms with Gasteiger partial charge in [0.1, 0.15) is 0 Å². The fourth-order valence-corrected chi connectivity index (χ4v) is 4.62. The predicted molar refractivity (Wildman–Crippen MR) is 100 cm³/mol. The molecule has 0 radical (unpaired) electrons. The summed E-state index contributed by atoms with van der Waals surface area (Å²) >= 11 is 0. The zero-order chi connectivity index (χ0) is 19.9. The molecule has 1 aliphatic heterocycles. The Morgan fingerprint density at radius 3 is 2.71 bits per heavy atom. The Morgan fingerprint density at radius 2 is 2.07 bits per heavy atom. The van der Waals surface area contributed by atoms with Crippen molar-refractivity contribution >= 4 is 11.8 Å². The van der Waals surface area contributed by atoms with E-state index in [4.69, 9.17) is 4.52 Å². The number of amides is 2. The number of likely N-dealkylation sites (tertiary alicyclic amines) is 1. The normalized spacial score (nSPS) is 26.5. The average Bonchev–Trinajstić information content (AvgIpc) is 3.34. The first-order valence-corrected chi connectivity index (χ1v) is 9.69. The number of pyridine rings is 1. The van der Waals surface area contributed by atoms with E-state index in [0.717, 1.165) is 6.42 Å². The lowest BCUT2D eigenvalue weighted by atomic mass is 9.80. The topological polar surface area (TPSA) is 101 Å². The van der Waals surface area contributed by atoms with Gasteiger partial charge in [0.05, 0.1) is 5.41 Å². The Balaban J connectivity index is 1.56. The van der Waals surface area contributed by atoms with E-state index in [1.807, 2.05) is 18.7 Å². The Morgan fingerprint density at radius 1 is 1.32 bits per heavy atom. The highest BCUT2D eigenvalue weighted by Crippen LogP contribution is 2.50. The zero-order valence-electron chi connectivity index (χ0n) is 16.4. The van der Waals surface area contributed by atoms with Crippen LogP contribution < -0.4 is 5.32 Å². The van der Waals surface area contributed by atoms with Crippen LogP contribution in [0.25, 0.3) is 0 Å². The molecule has 8 heteroatoms. The molecule has 0 bridgehead atoms. The second-order valence-corrected chi connectivity index (χ2v) is 8.22. The molecule has 1 saturated heterocycles. The number of carbonyl (C=O) groups excluding carboxylic acids is 2. The molecular formula is C20H25N5O3. The quantitative estimate of drug-likeness (QED) is 0.863. The van der Waals surface area contributed by atoms with E-state index in [-0.39, 0.29) is 29.7 Å². The number of aryl methyl sites for hydroxylation is 1. The maximum atomic E-state index is 12.6. The van der Waals surface area contributed by atoms with E-state index < -0.39 is 5.41 Å². The molecule has 148 valence electrons. The standard InChI is InChI=1S/C20H25N5O3/c1-12(2)18(27)25-10-15-8-16(23-17(26)14-4-6-21-7-5-14)9-20(15,11-25)19-22-13(3)24-28-19/h4-7,12,15-16H,8-11H2,1-3H3,(H,23,26). The number of aromatic nitrogens is 3. The lowest BCUT2D eigenvalue weighted by molar-refractivity contribution is -0.133. The Bertz CT molecular complexity index is 881. The van der Waals surface area contributed by atoms with Crippen LogP contribution in [0.15, 0.2) is 29.0 Å². The van der Waals surface area contributed by atoms with Crippen LogP contribution >= 0.6 is 0 Å². The first-order chi connectivity index (χ1) is 13.4. The van der Waals surface area contributed by atoms with Crippen molar-refractivity contribution in [2.45, 2.75) is 45.1 Å². The van der Waals surface area contributed by atoms with Crippen LogP contribution in [0.4, 0.5) is 0 Å². The summed E-state index contributed by atoms with van der Waals surface area (Å²) in [7, 11) is 0. The minimum atomic E-state index is -0.401. The van der Waals surface area contributed by atoms with Gasteiger partial charge in [0.15, 0.2) is 5.82 Å². The van der Waals surface area contributed by atoms with Gasteiger partial charge in [-0.2, -0.15) is 4.98 Å². The lowest BCUT2D eigenvalue weighted by Crippen LogP contribution is -2.40. The van der Waals surface area contributed by atoms with Crippen LogP contribution in [0.1, 0.15) is 48.8 Å². The lowest BCUT2D eigenvalue weighted by Gasteiger charge is -2.26. The fraction of sp³-hybridized carbons (Fsp3) is 0.550. The highest BCUT2D eigenvalue weighted by molar-refractivity contribution is 5.94. The summed E-state index contributed by atoms with van der Waals surface area (Å²) in [5.41, 5.74) is 0.188. The highest BCUT2D eigenvalue weighted by atomic mass is 16.5. The molecule has 1 N–H and O–H groups in total. The minimum absolute atomic E-state index is 0.00539. The molecule has 3 heterocycles. The molecule has 1 saturated carbocycles. The van der Waals surface area contributed by atoms with Crippen molar-refractivity contribution in [1.29, 1.82) is 0 Å². The number of hydrogen-bond donors (Lipinski definition) is 1. The Hall–Kier alpha value is -2.77. The van der Waals surface area contributed by atoms with Crippen molar-refractivity contribution in [2.24, 2.45) is 11.8 Å². The second-order valence-electron chi connectivity index (χ2n) is 8.22. The summed E-state index contributed by atoms with van der Waals surface area (Å²) in [4.78, 5) is 35.5. The number of hydrogen-bond acceptors (Lipinski definition) is 6. The molecule has 8 nitrogen and oxygen atoms in total. The van der Waals surface area contributed by atoms with Crippen molar-refractivity contribution in [1.82, 2.24) is 25.3 Å². The predicted octanol–water partition coefficient (Wildman–Crippen LogP) is 1.72. The molecule has 3 atom stereocenters. The van der Waals surface area contributed by atoms with Crippen LogP contribution in [-0.2, 0) is 10.2 Å². The molecule has 0 aromatic carbocycles. The van der Waals surface area contributed by atoms with Gasteiger partial charge in [-0.3, -0.25) is 14.6 Å². The van der Waals surface area contributed by atoms with Gasteiger partial charge >= 0.3 is 0 Å². The Kier molecular flexibility index (Phi) is 4.64. The minimum Gasteiger partial charge on any atom is -0.349 e. The molecule has 2 aromatic heterocycles. The SMILES string of the molecule is Cc1noc(C23CC(NC(=O)c4ccncc4)CC2CN(C(=O)C(C)C)C3)n1.